The van der Waals surface area contributed by atoms with Gasteiger partial charge >= 0.3 is 6.03 Å². The van der Waals surface area contributed by atoms with Gasteiger partial charge in [-0.2, -0.15) is 0 Å². The van der Waals surface area contributed by atoms with E-state index in [1.807, 2.05) is 51.1 Å². The number of para-hydroxylation sites is 1. The lowest BCUT2D eigenvalue weighted by atomic mass is 10.1. The summed E-state index contributed by atoms with van der Waals surface area (Å²) in [5.74, 6) is 0.633. The lowest BCUT2D eigenvalue weighted by Gasteiger charge is -2.36. The van der Waals surface area contributed by atoms with Gasteiger partial charge in [-0.15, -0.1) is 0 Å². The fraction of sp³-hybridized carbons (Fsp3) is 0.529. The molecule has 1 N–H and O–H groups in total. The number of piperazine rings is 1. The molecule has 23 heavy (non-hydrogen) atoms. The minimum atomic E-state index is -0.256. The van der Waals surface area contributed by atoms with Crippen LogP contribution in [0.25, 0.3) is 0 Å². The van der Waals surface area contributed by atoms with Crippen LogP contribution >= 0.6 is 0 Å². The van der Waals surface area contributed by atoms with E-state index in [9.17, 15) is 9.59 Å². The summed E-state index contributed by atoms with van der Waals surface area (Å²) in [6, 6.07) is 9.20. The first-order valence-corrected chi connectivity index (χ1v) is 7.88. The Morgan fingerprint density at radius 2 is 1.61 bits per heavy atom. The summed E-state index contributed by atoms with van der Waals surface area (Å²) >= 11 is 0. The van der Waals surface area contributed by atoms with Crippen molar-refractivity contribution >= 4 is 11.9 Å². The molecule has 3 amide bonds. The third-order valence-corrected chi connectivity index (χ3v) is 3.51. The van der Waals surface area contributed by atoms with Crippen LogP contribution in [-0.2, 0) is 4.79 Å². The number of urea groups is 1. The maximum absolute atomic E-state index is 12.2. The molecule has 0 aliphatic carbocycles. The van der Waals surface area contributed by atoms with Crippen LogP contribution in [0.2, 0.25) is 0 Å². The van der Waals surface area contributed by atoms with E-state index in [1.54, 1.807) is 9.80 Å². The molecule has 1 aromatic carbocycles. The summed E-state index contributed by atoms with van der Waals surface area (Å²) in [5.41, 5.74) is -0.256. The van der Waals surface area contributed by atoms with Crippen LogP contribution in [0.5, 0.6) is 5.75 Å². The molecule has 1 fully saturated rings. The van der Waals surface area contributed by atoms with Crippen LogP contribution in [0.4, 0.5) is 4.79 Å². The van der Waals surface area contributed by atoms with Gasteiger partial charge in [0.15, 0.2) is 6.61 Å². The van der Waals surface area contributed by atoms with E-state index in [1.165, 1.54) is 0 Å². The second-order valence-corrected chi connectivity index (χ2v) is 6.65. The minimum Gasteiger partial charge on any atom is -0.484 e. The second-order valence-electron chi connectivity index (χ2n) is 6.65. The number of nitrogens with zero attached hydrogens (tertiary/aromatic N) is 2. The van der Waals surface area contributed by atoms with Crippen molar-refractivity contribution in [2.24, 2.45) is 0 Å². The van der Waals surface area contributed by atoms with Crippen LogP contribution in [0.3, 0.4) is 0 Å². The minimum absolute atomic E-state index is 0.0260. The molecule has 0 aromatic heterocycles. The Hall–Kier alpha value is -2.24. The topological polar surface area (TPSA) is 61.9 Å². The molecule has 0 saturated carbocycles. The standard InChI is InChI=1S/C17H25N3O3/c1-17(2,3)18-16(22)20-11-9-19(10-12-20)15(21)13-23-14-7-5-4-6-8-14/h4-8H,9-13H2,1-3H3,(H,18,22). The van der Waals surface area contributed by atoms with Crippen molar-refractivity contribution in [3.05, 3.63) is 30.3 Å². The summed E-state index contributed by atoms with van der Waals surface area (Å²) in [6.45, 7) is 8.03. The SMILES string of the molecule is CC(C)(C)NC(=O)N1CCN(C(=O)COc2ccccc2)CC1. The number of carbonyl (C=O) groups excluding carboxylic acids is 2. The molecule has 6 nitrogen and oxygen atoms in total. The zero-order valence-electron chi connectivity index (χ0n) is 14.0. The Balaban J connectivity index is 1.75. The molecule has 0 bridgehead atoms. The number of amides is 3. The Kier molecular flexibility index (Phi) is 5.47. The van der Waals surface area contributed by atoms with E-state index in [0.717, 1.165) is 0 Å². The number of carbonyl (C=O) groups is 2. The molecule has 0 spiro atoms. The average Bonchev–Trinajstić information content (AvgIpc) is 2.52. The lowest BCUT2D eigenvalue weighted by molar-refractivity contribution is -0.134. The highest BCUT2D eigenvalue weighted by Gasteiger charge is 2.26. The van der Waals surface area contributed by atoms with Gasteiger partial charge in [0.2, 0.25) is 0 Å². The van der Waals surface area contributed by atoms with Crippen molar-refractivity contribution in [2.45, 2.75) is 26.3 Å². The molecule has 1 saturated heterocycles. The summed E-state index contributed by atoms with van der Waals surface area (Å²) < 4.78 is 5.48. The second kappa shape index (κ2) is 7.35. The normalized spacial score (nSPS) is 15.3. The number of nitrogens with one attached hydrogen (secondary N) is 1. The van der Waals surface area contributed by atoms with Crippen molar-refractivity contribution in [1.82, 2.24) is 15.1 Å². The molecule has 1 aliphatic rings. The highest BCUT2D eigenvalue weighted by Crippen LogP contribution is 2.10. The first kappa shape index (κ1) is 17.1. The van der Waals surface area contributed by atoms with Crippen molar-refractivity contribution < 1.29 is 14.3 Å². The Bertz CT molecular complexity index is 532. The van der Waals surface area contributed by atoms with Crippen LogP contribution in [0.15, 0.2) is 30.3 Å². The molecule has 0 atom stereocenters. The van der Waals surface area contributed by atoms with Crippen LogP contribution in [0, 0.1) is 0 Å². The van der Waals surface area contributed by atoms with E-state index in [2.05, 4.69) is 5.32 Å². The van der Waals surface area contributed by atoms with Crippen molar-refractivity contribution in [1.29, 1.82) is 0 Å². The quantitative estimate of drug-likeness (QED) is 0.923. The van der Waals surface area contributed by atoms with Gasteiger partial charge in [-0.05, 0) is 32.9 Å². The maximum atomic E-state index is 12.2. The molecule has 0 unspecified atom stereocenters. The highest BCUT2D eigenvalue weighted by molar-refractivity contribution is 5.79. The Morgan fingerprint density at radius 1 is 1.04 bits per heavy atom. The fourth-order valence-electron chi connectivity index (χ4n) is 2.31. The summed E-state index contributed by atoms with van der Waals surface area (Å²) in [5, 5.41) is 2.94. The van der Waals surface area contributed by atoms with Crippen molar-refractivity contribution in [3.63, 3.8) is 0 Å². The van der Waals surface area contributed by atoms with E-state index in [0.29, 0.717) is 31.9 Å². The van der Waals surface area contributed by atoms with Gasteiger partial charge in [0.05, 0.1) is 0 Å². The Morgan fingerprint density at radius 3 is 2.17 bits per heavy atom. The summed E-state index contributed by atoms with van der Waals surface area (Å²) in [4.78, 5) is 27.7. The first-order chi connectivity index (χ1) is 10.8. The number of hydrogen-bond donors (Lipinski definition) is 1. The van der Waals surface area contributed by atoms with E-state index < -0.39 is 0 Å². The average molecular weight is 319 g/mol. The van der Waals surface area contributed by atoms with Crippen LogP contribution in [-0.4, -0.2) is 60.1 Å². The molecule has 1 aromatic rings. The van der Waals surface area contributed by atoms with Gasteiger partial charge in [-0.1, -0.05) is 18.2 Å². The molecule has 1 aliphatic heterocycles. The number of ether oxygens (including phenoxy) is 1. The zero-order chi connectivity index (χ0) is 16.9. The van der Waals surface area contributed by atoms with Gasteiger partial charge < -0.3 is 19.9 Å². The molecule has 1 heterocycles. The molecule has 0 radical (unpaired) electrons. The van der Waals surface area contributed by atoms with Gasteiger partial charge in [0, 0.05) is 31.7 Å². The smallest absolute Gasteiger partial charge is 0.317 e. The molecule has 2 rings (SSSR count). The van der Waals surface area contributed by atoms with E-state index in [4.69, 9.17) is 4.74 Å². The van der Waals surface area contributed by atoms with Crippen LogP contribution < -0.4 is 10.1 Å². The van der Waals surface area contributed by atoms with Crippen molar-refractivity contribution in [2.75, 3.05) is 32.8 Å². The predicted molar refractivity (Wildman–Crippen MR) is 88.4 cm³/mol. The zero-order valence-corrected chi connectivity index (χ0v) is 14.0. The lowest BCUT2D eigenvalue weighted by Crippen LogP contribution is -2.56. The molecule has 6 heteroatoms. The number of hydrogen-bond acceptors (Lipinski definition) is 3. The van der Waals surface area contributed by atoms with E-state index in [-0.39, 0.29) is 24.1 Å². The largest absolute Gasteiger partial charge is 0.484 e. The van der Waals surface area contributed by atoms with Crippen LogP contribution in [0.1, 0.15) is 20.8 Å². The van der Waals surface area contributed by atoms with Gasteiger partial charge in [0.1, 0.15) is 5.75 Å². The summed E-state index contributed by atoms with van der Waals surface area (Å²) in [6.07, 6.45) is 0. The highest BCUT2D eigenvalue weighted by atomic mass is 16.5. The first-order valence-electron chi connectivity index (χ1n) is 7.88. The number of benzene rings is 1. The maximum Gasteiger partial charge on any atom is 0.317 e. The van der Waals surface area contributed by atoms with Gasteiger partial charge in [0.25, 0.3) is 5.91 Å². The number of rotatable bonds is 3. The summed E-state index contributed by atoms with van der Waals surface area (Å²) in [7, 11) is 0. The predicted octanol–water partition coefficient (Wildman–Crippen LogP) is 1.72. The van der Waals surface area contributed by atoms with E-state index >= 15 is 0 Å². The fourth-order valence-corrected chi connectivity index (χ4v) is 2.31. The van der Waals surface area contributed by atoms with Gasteiger partial charge in [-0.25, -0.2) is 4.79 Å². The third kappa shape index (κ3) is 5.47. The van der Waals surface area contributed by atoms with Gasteiger partial charge in [-0.3, -0.25) is 4.79 Å². The van der Waals surface area contributed by atoms with Crippen molar-refractivity contribution in [3.8, 4) is 5.75 Å². The Labute approximate surface area is 137 Å². The molecule has 126 valence electrons. The molecular formula is C17H25N3O3. The molecular weight excluding hydrogens is 294 g/mol. The monoisotopic (exact) mass is 319 g/mol. The third-order valence-electron chi connectivity index (χ3n) is 3.51.